The van der Waals surface area contributed by atoms with Gasteiger partial charge in [-0.2, -0.15) is 5.10 Å². The van der Waals surface area contributed by atoms with Crippen LogP contribution in [-0.2, 0) is 7.05 Å². The summed E-state index contributed by atoms with van der Waals surface area (Å²) in [7, 11) is 1.37. The number of carboxylic acid groups (broad SMARTS) is 1. The summed E-state index contributed by atoms with van der Waals surface area (Å²) in [5, 5.41) is 27.7. The highest BCUT2D eigenvalue weighted by molar-refractivity contribution is 6.08. The molecule has 0 saturated heterocycles. The summed E-state index contributed by atoms with van der Waals surface area (Å²) < 4.78 is 1.04. The van der Waals surface area contributed by atoms with Crippen LogP contribution in [-0.4, -0.2) is 26.6 Å². The largest absolute Gasteiger partial charge is 0.545 e. The Morgan fingerprint density at radius 3 is 2.62 bits per heavy atom. The van der Waals surface area contributed by atoms with E-state index in [0.29, 0.717) is 0 Å². The van der Waals surface area contributed by atoms with Gasteiger partial charge < -0.3 is 15.2 Å². The number of rotatable bonds is 4. The predicted molar refractivity (Wildman–Crippen MR) is 68.6 cm³/mol. The lowest BCUT2D eigenvalue weighted by Crippen LogP contribution is -2.25. The number of nitrogens with one attached hydrogen (secondary N) is 1. The molecule has 2 rings (SSSR count). The predicted octanol–water partition coefficient (Wildman–Crippen LogP) is -0.0559. The van der Waals surface area contributed by atoms with E-state index < -0.39 is 22.5 Å². The monoisotopic (exact) mass is 289 g/mol. The molecule has 0 fully saturated rings. The molecule has 1 amide bonds. The molecule has 0 spiro atoms. The highest BCUT2D eigenvalue weighted by Gasteiger charge is 2.25. The summed E-state index contributed by atoms with van der Waals surface area (Å²) in [6, 6.07) is 5.58. The fourth-order valence-corrected chi connectivity index (χ4v) is 1.77. The van der Waals surface area contributed by atoms with Gasteiger partial charge in [0.05, 0.1) is 16.6 Å². The van der Waals surface area contributed by atoms with Crippen molar-refractivity contribution in [3.63, 3.8) is 0 Å². The zero-order chi connectivity index (χ0) is 15.6. The molecule has 0 aliphatic heterocycles. The van der Waals surface area contributed by atoms with Gasteiger partial charge in [0.15, 0.2) is 0 Å². The normalized spacial score (nSPS) is 10.1. The minimum Gasteiger partial charge on any atom is -0.545 e. The van der Waals surface area contributed by atoms with Gasteiger partial charge >= 0.3 is 5.69 Å². The molecule has 0 saturated carbocycles. The Balaban J connectivity index is 2.38. The number of aryl methyl sites for hydroxylation is 1. The molecule has 1 aromatic heterocycles. The van der Waals surface area contributed by atoms with Gasteiger partial charge in [-0.25, -0.2) is 0 Å². The molecule has 21 heavy (non-hydrogen) atoms. The van der Waals surface area contributed by atoms with Gasteiger partial charge in [0.2, 0.25) is 5.69 Å². The van der Waals surface area contributed by atoms with Crippen LogP contribution in [0.1, 0.15) is 20.8 Å². The fraction of sp³-hybridized carbons (Fsp3) is 0.0833. The molecule has 9 nitrogen and oxygen atoms in total. The third-order valence-corrected chi connectivity index (χ3v) is 2.73. The van der Waals surface area contributed by atoms with E-state index in [1.165, 1.54) is 31.3 Å². The first-order chi connectivity index (χ1) is 9.91. The van der Waals surface area contributed by atoms with Crippen molar-refractivity contribution in [3.8, 4) is 0 Å². The molecule has 2 aromatic rings. The number of amides is 1. The SMILES string of the molecule is Cn1ncc([N+](=O)[O-])c1C(=O)Nc1ccccc1C(=O)[O-]. The maximum atomic E-state index is 12.1. The molecular weight excluding hydrogens is 280 g/mol. The number of para-hydroxylation sites is 1. The van der Waals surface area contributed by atoms with E-state index in [4.69, 9.17) is 0 Å². The Morgan fingerprint density at radius 1 is 1.33 bits per heavy atom. The smallest absolute Gasteiger partial charge is 0.320 e. The lowest BCUT2D eigenvalue weighted by molar-refractivity contribution is -0.385. The van der Waals surface area contributed by atoms with Crippen LogP contribution in [0.15, 0.2) is 30.5 Å². The van der Waals surface area contributed by atoms with Crippen LogP contribution in [0.3, 0.4) is 0 Å². The van der Waals surface area contributed by atoms with Crippen LogP contribution < -0.4 is 10.4 Å². The average molecular weight is 289 g/mol. The first-order valence-corrected chi connectivity index (χ1v) is 5.70. The number of nitrogens with zero attached hydrogens (tertiary/aromatic N) is 3. The van der Waals surface area contributed by atoms with Crippen LogP contribution in [0.2, 0.25) is 0 Å². The molecule has 108 valence electrons. The molecule has 1 aromatic carbocycles. The third kappa shape index (κ3) is 2.71. The molecule has 1 heterocycles. The Bertz CT molecular complexity index is 737. The van der Waals surface area contributed by atoms with Gasteiger partial charge in [-0.15, -0.1) is 0 Å². The van der Waals surface area contributed by atoms with E-state index in [-0.39, 0.29) is 16.9 Å². The van der Waals surface area contributed by atoms with Gasteiger partial charge in [0, 0.05) is 12.6 Å². The Kier molecular flexibility index (Phi) is 3.65. The second-order valence-electron chi connectivity index (χ2n) is 4.05. The van der Waals surface area contributed by atoms with Gasteiger partial charge in [0.1, 0.15) is 6.20 Å². The van der Waals surface area contributed by atoms with E-state index in [0.717, 1.165) is 10.9 Å². The number of hydrogen-bond acceptors (Lipinski definition) is 6. The van der Waals surface area contributed by atoms with E-state index >= 15 is 0 Å². The second kappa shape index (κ2) is 5.41. The molecule has 0 radical (unpaired) electrons. The van der Waals surface area contributed by atoms with Crippen LogP contribution in [0.4, 0.5) is 11.4 Å². The number of hydrogen-bond donors (Lipinski definition) is 1. The minimum atomic E-state index is -1.47. The number of carbonyl (C=O) groups excluding carboxylic acids is 2. The van der Waals surface area contributed by atoms with E-state index in [1.54, 1.807) is 0 Å². The third-order valence-electron chi connectivity index (χ3n) is 2.73. The first kappa shape index (κ1) is 14.2. The molecule has 0 atom stereocenters. The van der Waals surface area contributed by atoms with E-state index in [2.05, 4.69) is 10.4 Å². The topological polar surface area (TPSA) is 130 Å². The summed E-state index contributed by atoms with van der Waals surface area (Å²) in [5.41, 5.74) is -0.997. The second-order valence-corrected chi connectivity index (χ2v) is 4.05. The van der Waals surface area contributed by atoms with Crippen molar-refractivity contribution in [2.45, 2.75) is 0 Å². The number of benzene rings is 1. The molecule has 0 bridgehead atoms. The number of carbonyl (C=O) groups is 2. The van der Waals surface area contributed by atoms with Crippen molar-refractivity contribution >= 4 is 23.3 Å². The Hall–Kier alpha value is -3.23. The summed E-state index contributed by atoms with van der Waals surface area (Å²) >= 11 is 0. The number of aromatic nitrogens is 2. The van der Waals surface area contributed by atoms with Crippen LogP contribution in [0, 0.1) is 10.1 Å². The number of carboxylic acids is 1. The standard InChI is InChI=1S/C12H10N4O5/c1-15-10(9(6-13-15)16(20)21)11(17)14-8-5-3-2-4-7(8)12(18)19/h2-6H,1H3,(H,14,17)(H,18,19)/p-1. The van der Waals surface area contributed by atoms with Gasteiger partial charge in [-0.05, 0) is 6.07 Å². The van der Waals surface area contributed by atoms with E-state index in [1.807, 2.05) is 0 Å². The van der Waals surface area contributed by atoms with Crippen molar-refractivity contribution in [3.05, 3.63) is 51.8 Å². The van der Waals surface area contributed by atoms with Crippen molar-refractivity contribution in [1.82, 2.24) is 9.78 Å². The zero-order valence-corrected chi connectivity index (χ0v) is 10.8. The van der Waals surface area contributed by atoms with Crippen molar-refractivity contribution in [2.24, 2.45) is 7.05 Å². The number of anilines is 1. The molecule has 0 aliphatic rings. The molecular formula is C12H9N4O5-. The average Bonchev–Trinajstić information content (AvgIpc) is 2.81. The molecule has 0 aliphatic carbocycles. The number of nitro groups is 1. The summed E-state index contributed by atoms with van der Waals surface area (Å²) in [6.45, 7) is 0. The maximum Gasteiger partial charge on any atom is 0.320 e. The van der Waals surface area contributed by atoms with Crippen LogP contribution in [0.25, 0.3) is 0 Å². The van der Waals surface area contributed by atoms with E-state index in [9.17, 15) is 24.8 Å². The van der Waals surface area contributed by atoms with Crippen LogP contribution in [0.5, 0.6) is 0 Å². The lowest BCUT2D eigenvalue weighted by atomic mass is 10.1. The van der Waals surface area contributed by atoms with Gasteiger partial charge in [-0.1, -0.05) is 18.2 Å². The highest BCUT2D eigenvalue weighted by atomic mass is 16.6. The van der Waals surface area contributed by atoms with Crippen LogP contribution >= 0.6 is 0 Å². The molecule has 0 unspecified atom stereocenters. The maximum absolute atomic E-state index is 12.1. The molecule has 1 N–H and O–H groups in total. The fourth-order valence-electron chi connectivity index (χ4n) is 1.77. The zero-order valence-electron chi connectivity index (χ0n) is 10.8. The minimum absolute atomic E-state index is 0.0157. The van der Waals surface area contributed by atoms with Crippen molar-refractivity contribution in [2.75, 3.05) is 5.32 Å². The summed E-state index contributed by atoms with van der Waals surface area (Å²) in [6.07, 6.45) is 0.944. The van der Waals surface area contributed by atoms with Crippen molar-refractivity contribution < 1.29 is 19.6 Å². The quantitative estimate of drug-likeness (QED) is 0.620. The number of aromatic carboxylic acids is 1. The van der Waals surface area contributed by atoms with Gasteiger partial charge in [-0.3, -0.25) is 19.6 Å². The summed E-state index contributed by atoms with van der Waals surface area (Å²) in [5.74, 6) is -2.30. The highest BCUT2D eigenvalue weighted by Crippen LogP contribution is 2.20. The lowest BCUT2D eigenvalue weighted by Gasteiger charge is -2.11. The van der Waals surface area contributed by atoms with Crippen molar-refractivity contribution in [1.29, 1.82) is 0 Å². The Labute approximate surface area is 118 Å². The van der Waals surface area contributed by atoms with Gasteiger partial charge in [0.25, 0.3) is 5.91 Å². The Morgan fingerprint density at radius 2 is 2.00 bits per heavy atom. The summed E-state index contributed by atoms with van der Waals surface area (Å²) in [4.78, 5) is 33.1. The molecule has 9 heteroatoms. The first-order valence-electron chi connectivity index (χ1n) is 5.70.